The molecule has 2 aromatic carbocycles. The van der Waals surface area contributed by atoms with Crippen LogP contribution in [0.3, 0.4) is 0 Å². The van der Waals surface area contributed by atoms with Gasteiger partial charge in [0.15, 0.2) is 0 Å². The molecule has 5 heteroatoms. The first kappa shape index (κ1) is 15.3. The number of nitrogens with zero attached hydrogens (tertiary/aromatic N) is 2. The number of carbonyl (C=O) groups is 1. The average Bonchev–Trinajstić information content (AvgIpc) is 3.25. The highest BCUT2D eigenvalue weighted by atomic mass is 32.1. The van der Waals surface area contributed by atoms with Gasteiger partial charge in [-0.2, -0.15) is 0 Å². The molecule has 0 radical (unpaired) electrons. The van der Waals surface area contributed by atoms with Gasteiger partial charge in [0.05, 0.1) is 11.2 Å². The van der Waals surface area contributed by atoms with Crippen molar-refractivity contribution in [3.63, 3.8) is 0 Å². The molecular weight excluding hydrogens is 342 g/mol. The number of nitrogens with one attached hydrogen (secondary N) is 1. The van der Waals surface area contributed by atoms with Gasteiger partial charge < -0.3 is 5.32 Å². The van der Waals surface area contributed by atoms with E-state index in [0.717, 1.165) is 34.4 Å². The molecule has 0 bridgehead atoms. The van der Waals surface area contributed by atoms with Crippen molar-refractivity contribution >= 4 is 49.7 Å². The molecule has 0 saturated carbocycles. The smallest absolute Gasteiger partial charge is 0.307 e. The summed E-state index contributed by atoms with van der Waals surface area (Å²) in [4.78, 5) is 19.4. The lowest BCUT2D eigenvalue weighted by atomic mass is 10.1. The molecule has 2 aromatic heterocycles. The molecular formula is C21H17N3OS. The Balaban J connectivity index is 1.51. The summed E-state index contributed by atoms with van der Waals surface area (Å²) in [5.41, 5.74) is 4.85. The Morgan fingerprint density at radius 2 is 2.08 bits per heavy atom. The third-order valence-electron chi connectivity index (χ3n) is 4.88. The van der Waals surface area contributed by atoms with E-state index in [-0.39, 0.29) is 6.03 Å². The van der Waals surface area contributed by atoms with E-state index in [2.05, 4.69) is 33.9 Å². The lowest BCUT2D eigenvalue weighted by Crippen LogP contribution is -2.33. The van der Waals surface area contributed by atoms with Crippen molar-refractivity contribution in [3.8, 4) is 0 Å². The summed E-state index contributed by atoms with van der Waals surface area (Å²) in [6, 6.07) is 16.2. The Morgan fingerprint density at radius 3 is 3.00 bits per heavy atom. The summed E-state index contributed by atoms with van der Waals surface area (Å²) in [7, 11) is 0. The summed E-state index contributed by atoms with van der Waals surface area (Å²) in [5, 5.41) is 7.34. The minimum absolute atomic E-state index is 0.0888. The van der Waals surface area contributed by atoms with Crippen LogP contribution in [0.4, 0.5) is 16.2 Å². The van der Waals surface area contributed by atoms with Crippen molar-refractivity contribution in [2.45, 2.75) is 13.3 Å². The zero-order valence-corrected chi connectivity index (χ0v) is 15.1. The molecule has 0 atom stereocenters. The van der Waals surface area contributed by atoms with Crippen LogP contribution in [0.15, 0.2) is 53.9 Å². The zero-order chi connectivity index (χ0) is 17.7. The number of aromatic nitrogens is 1. The summed E-state index contributed by atoms with van der Waals surface area (Å²) in [5.74, 6) is 0. The van der Waals surface area contributed by atoms with Gasteiger partial charge in [-0.05, 0) is 60.0 Å². The minimum Gasteiger partial charge on any atom is -0.307 e. The van der Waals surface area contributed by atoms with E-state index in [1.807, 2.05) is 42.2 Å². The highest BCUT2D eigenvalue weighted by Gasteiger charge is 2.25. The summed E-state index contributed by atoms with van der Waals surface area (Å²) < 4.78 is 1.28. The van der Waals surface area contributed by atoms with Gasteiger partial charge in [0.2, 0.25) is 0 Å². The lowest BCUT2D eigenvalue weighted by Gasteiger charge is -2.19. The predicted octanol–water partition coefficient (Wildman–Crippen LogP) is 5.35. The normalized spacial score (nSPS) is 13.3. The number of para-hydroxylation sites is 1. The maximum Gasteiger partial charge on any atom is 0.326 e. The standard InChI is InChI=1S/C21H17N3OS/c1-13-10-18(16-4-2-3-5-17(16)22-13)23-21(25)24-8-6-14-12-20-15(7-9-26-20)11-19(14)24/h2-5,7,9-12H,6,8H2,1H3,(H,22,23,25). The maximum absolute atomic E-state index is 13.0. The molecule has 1 aliphatic rings. The summed E-state index contributed by atoms with van der Waals surface area (Å²) in [6.07, 6.45) is 0.896. The molecule has 5 rings (SSSR count). The first-order chi connectivity index (χ1) is 12.7. The van der Waals surface area contributed by atoms with E-state index in [1.165, 1.54) is 15.6 Å². The number of aryl methyl sites for hydroxylation is 1. The highest BCUT2D eigenvalue weighted by molar-refractivity contribution is 7.17. The molecule has 0 unspecified atom stereocenters. The van der Waals surface area contributed by atoms with E-state index < -0.39 is 0 Å². The molecule has 26 heavy (non-hydrogen) atoms. The van der Waals surface area contributed by atoms with E-state index in [9.17, 15) is 4.79 Å². The van der Waals surface area contributed by atoms with Crippen molar-refractivity contribution in [3.05, 3.63) is 65.2 Å². The molecule has 0 fully saturated rings. The molecule has 0 spiro atoms. The maximum atomic E-state index is 13.0. The number of carbonyl (C=O) groups excluding carboxylic acids is 1. The van der Waals surface area contributed by atoms with Gasteiger partial charge in [0, 0.05) is 28.0 Å². The molecule has 4 nitrogen and oxygen atoms in total. The lowest BCUT2D eigenvalue weighted by molar-refractivity contribution is 0.257. The van der Waals surface area contributed by atoms with Crippen LogP contribution in [0.2, 0.25) is 0 Å². The second-order valence-electron chi connectivity index (χ2n) is 6.60. The third kappa shape index (κ3) is 2.44. The van der Waals surface area contributed by atoms with Gasteiger partial charge in [-0.15, -0.1) is 11.3 Å². The van der Waals surface area contributed by atoms with Crippen LogP contribution >= 0.6 is 11.3 Å². The molecule has 1 N–H and O–H groups in total. The molecule has 1 aliphatic heterocycles. The van der Waals surface area contributed by atoms with E-state index >= 15 is 0 Å². The topological polar surface area (TPSA) is 45.2 Å². The Bertz CT molecular complexity index is 1160. The summed E-state index contributed by atoms with van der Waals surface area (Å²) in [6.45, 7) is 2.65. The van der Waals surface area contributed by atoms with E-state index in [1.54, 1.807) is 11.3 Å². The number of fused-ring (bicyclic) bond motifs is 3. The first-order valence-corrected chi connectivity index (χ1v) is 9.52. The van der Waals surface area contributed by atoms with Crippen molar-refractivity contribution in [2.75, 3.05) is 16.8 Å². The Hall–Kier alpha value is -2.92. The molecule has 3 heterocycles. The molecule has 0 saturated heterocycles. The van der Waals surface area contributed by atoms with Crippen LogP contribution < -0.4 is 10.2 Å². The van der Waals surface area contributed by atoms with E-state index in [4.69, 9.17) is 0 Å². The Kier molecular flexibility index (Phi) is 3.43. The quantitative estimate of drug-likeness (QED) is 0.498. The van der Waals surface area contributed by atoms with Crippen molar-refractivity contribution in [1.82, 2.24) is 4.98 Å². The van der Waals surface area contributed by atoms with Crippen LogP contribution in [-0.2, 0) is 6.42 Å². The number of thiophene rings is 1. The second-order valence-corrected chi connectivity index (χ2v) is 7.55. The van der Waals surface area contributed by atoms with Gasteiger partial charge >= 0.3 is 6.03 Å². The number of rotatable bonds is 1. The van der Waals surface area contributed by atoms with Crippen molar-refractivity contribution < 1.29 is 4.79 Å². The van der Waals surface area contributed by atoms with Crippen LogP contribution in [0.5, 0.6) is 0 Å². The van der Waals surface area contributed by atoms with Crippen LogP contribution in [0, 0.1) is 6.92 Å². The monoisotopic (exact) mass is 359 g/mol. The Labute approximate surface area is 155 Å². The van der Waals surface area contributed by atoms with Crippen LogP contribution in [-0.4, -0.2) is 17.6 Å². The highest BCUT2D eigenvalue weighted by Crippen LogP contribution is 2.35. The number of urea groups is 1. The fourth-order valence-electron chi connectivity index (χ4n) is 3.65. The van der Waals surface area contributed by atoms with Crippen molar-refractivity contribution in [1.29, 1.82) is 0 Å². The van der Waals surface area contributed by atoms with E-state index in [0.29, 0.717) is 6.54 Å². The molecule has 4 aromatic rings. The van der Waals surface area contributed by atoms with Gasteiger partial charge in [0.1, 0.15) is 0 Å². The molecule has 128 valence electrons. The van der Waals surface area contributed by atoms with Gasteiger partial charge in [-0.25, -0.2) is 4.79 Å². The SMILES string of the molecule is Cc1cc(NC(=O)N2CCc3cc4sccc4cc32)c2ccccc2n1. The number of anilines is 2. The predicted molar refractivity (Wildman–Crippen MR) is 108 cm³/mol. The average molecular weight is 359 g/mol. The number of hydrogen-bond acceptors (Lipinski definition) is 3. The van der Waals surface area contributed by atoms with Crippen LogP contribution in [0.25, 0.3) is 21.0 Å². The number of pyridine rings is 1. The number of hydrogen-bond donors (Lipinski definition) is 1. The minimum atomic E-state index is -0.0888. The summed E-state index contributed by atoms with van der Waals surface area (Å²) >= 11 is 1.74. The zero-order valence-electron chi connectivity index (χ0n) is 14.3. The third-order valence-corrected chi connectivity index (χ3v) is 5.76. The van der Waals surface area contributed by atoms with Crippen LogP contribution in [0.1, 0.15) is 11.3 Å². The number of amides is 2. The fraction of sp³-hybridized carbons (Fsp3) is 0.143. The molecule has 0 aliphatic carbocycles. The largest absolute Gasteiger partial charge is 0.326 e. The molecule has 2 amide bonds. The second kappa shape index (κ2) is 5.81. The Morgan fingerprint density at radius 1 is 1.19 bits per heavy atom. The number of benzene rings is 2. The fourth-order valence-corrected chi connectivity index (χ4v) is 4.48. The van der Waals surface area contributed by atoms with Gasteiger partial charge in [-0.1, -0.05) is 18.2 Å². The van der Waals surface area contributed by atoms with Gasteiger partial charge in [0.25, 0.3) is 0 Å². The first-order valence-electron chi connectivity index (χ1n) is 8.64. The van der Waals surface area contributed by atoms with Gasteiger partial charge in [-0.3, -0.25) is 9.88 Å². The van der Waals surface area contributed by atoms with Crippen molar-refractivity contribution in [2.24, 2.45) is 0 Å².